The third-order valence-corrected chi connectivity index (χ3v) is 4.88. The predicted molar refractivity (Wildman–Crippen MR) is 100 cm³/mol. The summed E-state index contributed by atoms with van der Waals surface area (Å²) in [4.78, 5) is 8.00. The average Bonchev–Trinajstić information content (AvgIpc) is 3.07. The third-order valence-electron chi connectivity index (χ3n) is 4.61. The molecule has 9 nitrogen and oxygen atoms in total. The summed E-state index contributed by atoms with van der Waals surface area (Å²) in [5.41, 5.74) is 6.12. The van der Waals surface area contributed by atoms with Crippen molar-refractivity contribution in [3.8, 4) is 11.5 Å². The van der Waals surface area contributed by atoms with Gasteiger partial charge in [-0.2, -0.15) is 0 Å². The number of halogens is 1. The van der Waals surface area contributed by atoms with Crippen LogP contribution in [0.25, 0.3) is 11.5 Å². The van der Waals surface area contributed by atoms with E-state index in [0.717, 1.165) is 51.3 Å². The van der Waals surface area contributed by atoms with E-state index in [0.29, 0.717) is 29.1 Å². The van der Waals surface area contributed by atoms with Gasteiger partial charge in [-0.05, 0) is 25.7 Å². The van der Waals surface area contributed by atoms with Gasteiger partial charge in [-0.25, -0.2) is 9.97 Å². The molecule has 2 fully saturated rings. The van der Waals surface area contributed by atoms with Crippen LogP contribution in [-0.2, 0) is 16.5 Å². The maximum atomic E-state index is 8.78. The molecule has 4 rings (SSSR count). The molecule has 2 aromatic rings. The fourth-order valence-corrected chi connectivity index (χ4v) is 3.30. The van der Waals surface area contributed by atoms with E-state index >= 15 is 0 Å². The molecule has 0 spiro atoms. The van der Waals surface area contributed by atoms with Crippen LogP contribution in [0.5, 0.6) is 0 Å². The molecule has 1 atom stereocenters. The van der Waals surface area contributed by atoms with Crippen molar-refractivity contribution in [3.63, 3.8) is 0 Å². The molecule has 148 valence electrons. The van der Waals surface area contributed by atoms with E-state index in [-0.39, 0.29) is 12.1 Å². The van der Waals surface area contributed by atoms with E-state index < -0.39 is 0 Å². The summed E-state index contributed by atoms with van der Waals surface area (Å²) in [6.07, 6.45) is 5.12. The molecule has 0 aliphatic carbocycles. The Morgan fingerprint density at radius 2 is 1.96 bits per heavy atom. The molecule has 1 unspecified atom stereocenters. The zero-order valence-electron chi connectivity index (χ0n) is 15.3. The van der Waals surface area contributed by atoms with Crippen LogP contribution in [0.15, 0.2) is 6.20 Å². The minimum absolute atomic E-state index is 0.167. The fourth-order valence-electron chi connectivity index (χ4n) is 3.12. The summed E-state index contributed by atoms with van der Waals surface area (Å²) in [5.74, 6) is 2.05. The standard InChI is InChI=1S/C12H15ClN6O.C5H10O2/c1-19-10(7-2-4-20-5-3-7)17-18-11(19)9-8(13)6-15-12(14)16-9;6-5-2-1-3-7-4-5/h6-7H,2-5H2,1H3,(H2,14,15,16);5-6H,1-4H2. The molecule has 0 bridgehead atoms. The van der Waals surface area contributed by atoms with Crippen LogP contribution in [0.4, 0.5) is 5.95 Å². The van der Waals surface area contributed by atoms with E-state index in [2.05, 4.69) is 20.2 Å². The Morgan fingerprint density at radius 1 is 1.19 bits per heavy atom. The molecule has 0 radical (unpaired) electrons. The summed E-state index contributed by atoms with van der Waals surface area (Å²) in [6.45, 7) is 2.89. The summed E-state index contributed by atoms with van der Waals surface area (Å²) >= 11 is 6.12. The van der Waals surface area contributed by atoms with Crippen molar-refractivity contribution >= 4 is 17.5 Å². The number of nitrogens with zero attached hydrogens (tertiary/aromatic N) is 5. The summed E-state index contributed by atoms with van der Waals surface area (Å²) in [7, 11) is 1.91. The molecule has 3 N–H and O–H groups in total. The first kappa shape index (κ1) is 19.9. The van der Waals surface area contributed by atoms with Crippen molar-refractivity contribution in [2.45, 2.75) is 37.7 Å². The minimum Gasteiger partial charge on any atom is -0.391 e. The first-order valence-electron chi connectivity index (χ1n) is 9.07. The van der Waals surface area contributed by atoms with Gasteiger partial charge in [0.15, 0.2) is 5.82 Å². The van der Waals surface area contributed by atoms with Gasteiger partial charge in [0, 0.05) is 32.8 Å². The highest BCUT2D eigenvalue weighted by Crippen LogP contribution is 2.29. The Balaban J connectivity index is 0.000000253. The highest BCUT2D eigenvalue weighted by molar-refractivity contribution is 6.32. The summed E-state index contributed by atoms with van der Waals surface area (Å²) < 4.78 is 12.2. The Morgan fingerprint density at radius 3 is 2.59 bits per heavy atom. The van der Waals surface area contributed by atoms with Crippen LogP contribution in [0, 0.1) is 0 Å². The van der Waals surface area contributed by atoms with Crippen LogP contribution in [0.2, 0.25) is 5.02 Å². The smallest absolute Gasteiger partial charge is 0.220 e. The van der Waals surface area contributed by atoms with Crippen molar-refractivity contribution in [2.75, 3.05) is 32.2 Å². The van der Waals surface area contributed by atoms with Crippen LogP contribution >= 0.6 is 11.6 Å². The zero-order chi connectivity index (χ0) is 19.2. The summed E-state index contributed by atoms with van der Waals surface area (Å²) in [5, 5.41) is 17.7. The second kappa shape index (κ2) is 9.41. The molecule has 0 amide bonds. The monoisotopic (exact) mass is 396 g/mol. The molecule has 10 heteroatoms. The first-order chi connectivity index (χ1) is 13.1. The number of nitrogen functional groups attached to an aromatic ring is 1. The average molecular weight is 397 g/mol. The van der Waals surface area contributed by atoms with Crippen LogP contribution in [-0.4, -0.2) is 62.4 Å². The highest BCUT2D eigenvalue weighted by atomic mass is 35.5. The lowest BCUT2D eigenvalue weighted by Gasteiger charge is -2.21. The first-order valence-corrected chi connectivity index (χ1v) is 9.45. The molecule has 0 saturated carbocycles. The van der Waals surface area contributed by atoms with E-state index in [1.807, 2.05) is 11.6 Å². The third kappa shape index (κ3) is 5.13. The molecule has 4 heterocycles. The normalized spacial score (nSPS) is 20.8. The maximum absolute atomic E-state index is 8.78. The van der Waals surface area contributed by atoms with Gasteiger partial charge in [-0.3, -0.25) is 0 Å². The van der Waals surface area contributed by atoms with Crippen molar-refractivity contribution in [2.24, 2.45) is 7.05 Å². The molecule has 0 aromatic carbocycles. The quantitative estimate of drug-likeness (QED) is 0.784. The van der Waals surface area contributed by atoms with Gasteiger partial charge in [0.1, 0.15) is 11.5 Å². The molecular formula is C17H25ClN6O3. The predicted octanol–water partition coefficient (Wildman–Crippen LogP) is 1.56. The Bertz CT molecular complexity index is 744. The van der Waals surface area contributed by atoms with E-state index in [1.54, 1.807) is 0 Å². The van der Waals surface area contributed by atoms with Crippen LogP contribution in [0.1, 0.15) is 37.4 Å². The van der Waals surface area contributed by atoms with E-state index in [1.165, 1.54) is 6.20 Å². The van der Waals surface area contributed by atoms with Gasteiger partial charge >= 0.3 is 0 Å². The van der Waals surface area contributed by atoms with E-state index in [4.69, 9.17) is 31.9 Å². The lowest BCUT2D eigenvalue weighted by atomic mass is 9.99. The molecule has 2 aliphatic rings. The van der Waals surface area contributed by atoms with Gasteiger partial charge in [0.2, 0.25) is 5.95 Å². The van der Waals surface area contributed by atoms with Gasteiger partial charge in [0.05, 0.1) is 23.9 Å². The molecule has 2 aliphatic heterocycles. The lowest BCUT2D eigenvalue weighted by molar-refractivity contribution is -0.00535. The number of rotatable bonds is 2. The fraction of sp³-hybridized carbons (Fsp3) is 0.647. The SMILES string of the molecule is Cn1c(-c2nc(N)ncc2Cl)nnc1C1CCOCC1.OC1CCCOC1. The molecule has 27 heavy (non-hydrogen) atoms. The molecule has 2 saturated heterocycles. The van der Waals surface area contributed by atoms with Crippen molar-refractivity contribution in [1.29, 1.82) is 0 Å². The number of hydrogen-bond donors (Lipinski definition) is 2. The van der Waals surface area contributed by atoms with Crippen molar-refractivity contribution in [3.05, 3.63) is 17.0 Å². The van der Waals surface area contributed by atoms with Gasteiger partial charge in [0.25, 0.3) is 0 Å². The second-order valence-corrected chi connectivity index (χ2v) is 7.03. The van der Waals surface area contributed by atoms with Gasteiger partial charge in [-0.1, -0.05) is 11.6 Å². The number of hydrogen-bond acceptors (Lipinski definition) is 8. The molecular weight excluding hydrogens is 372 g/mol. The van der Waals surface area contributed by atoms with Crippen LogP contribution < -0.4 is 5.73 Å². The van der Waals surface area contributed by atoms with E-state index in [9.17, 15) is 0 Å². The number of ether oxygens (including phenoxy) is 2. The molecule has 2 aromatic heterocycles. The second-order valence-electron chi connectivity index (χ2n) is 6.62. The number of nitrogens with two attached hydrogens (primary N) is 1. The summed E-state index contributed by atoms with van der Waals surface area (Å²) in [6, 6.07) is 0. The largest absolute Gasteiger partial charge is 0.391 e. The Labute approximate surface area is 162 Å². The maximum Gasteiger partial charge on any atom is 0.220 e. The van der Waals surface area contributed by atoms with Gasteiger partial charge in [-0.15, -0.1) is 10.2 Å². The number of aliphatic hydroxyl groups is 1. The number of aliphatic hydroxyl groups excluding tert-OH is 1. The van der Waals surface area contributed by atoms with Crippen molar-refractivity contribution < 1.29 is 14.6 Å². The highest BCUT2D eigenvalue weighted by Gasteiger charge is 2.24. The topological polar surface area (TPSA) is 121 Å². The lowest BCUT2D eigenvalue weighted by Crippen LogP contribution is -2.21. The number of aromatic nitrogens is 5. The zero-order valence-corrected chi connectivity index (χ0v) is 16.1. The number of anilines is 1. The Hall–Kier alpha value is -1.81. The Kier molecular flexibility index (Phi) is 6.95. The van der Waals surface area contributed by atoms with Crippen molar-refractivity contribution in [1.82, 2.24) is 24.7 Å². The van der Waals surface area contributed by atoms with Gasteiger partial charge < -0.3 is 24.9 Å². The minimum atomic E-state index is -0.186. The van der Waals surface area contributed by atoms with Crippen LogP contribution in [0.3, 0.4) is 0 Å².